The Bertz CT molecular complexity index is 409. The number of fused-ring (bicyclic) bond motifs is 1. The van der Waals surface area contributed by atoms with E-state index >= 15 is 0 Å². The van der Waals surface area contributed by atoms with Gasteiger partial charge in [0.2, 0.25) is 5.28 Å². The van der Waals surface area contributed by atoms with Crippen molar-refractivity contribution in [2.45, 2.75) is 45.6 Å². The maximum atomic E-state index is 5.92. The number of nitrogens with zero attached hydrogens (tertiary/aromatic N) is 2. The molecule has 18 heavy (non-hydrogen) atoms. The molecule has 1 aromatic heterocycles. The summed E-state index contributed by atoms with van der Waals surface area (Å²) in [5.74, 6) is 0.909. The molecule has 0 radical (unpaired) electrons. The summed E-state index contributed by atoms with van der Waals surface area (Å²) in [6, 6.07) is 0. The Morgan fingerprint density at radius 3 is 2.94 bits per heavy atom. The van der Waals surface area contributed by atoms with E-state index in [4.69, 9.17) is 16.3 Å². The Morgan fingerprint density at radius 2 is 2.17 bits per heavy atom. The van der Waals surface area contributed by atoms with Crippen LogP contribution in [0.3, 0.4) is 0 Å². The average molecular weight is 270 g/mol. The fourth-order valence-corrected chi connectivity index (χ4v) is 2.33. The number of halogens is 1. The van der Waals surface area contributed by atoms with Crippen molar-refractivity contribution >= 4 is 17.4 Å². The van der Waals surface area contributed by atoms with Gasteiger partial charge in [-0.25, -0.2) is 9.97 Å². The van der Waals surface area contributed by atoms with E-state index in [0.717, 1.165) is 50.3 Å². The molecule has 0 unspecified atom stereocenters. The van der Waals surface area contributed by atoms with Crippen LogP contribution < -0.4 is 5.32 Å². The number of aryl methyl sites for hydroxylation is 1. The topological polar surface area (TPSA) is 47.0 Å². The molecule has 4 nitrogen and oxygen atoms in total. The monoisotopic (exact) mass is 269 g/mol. The first-order valence-corrected chi connectivity index (χ1v) is 6.95. The van der Waals surface area contributed by atoms with Gasteiger partial charge in [-0.2, -0.15) is 0 Å². The fraction of sp³-hybridized carbons (Fsp3) is 0.692. The molecule has 0 aromatic carbocycles. The van der Waals surface area contributed by atoms with E-state index in [1.165, 1.54) is 5.56 Å². The lowest BCUT2D eigenvalue weighted by Crippen LogP contribution is -2.11. The van der Waals surface area contributed by atoms with E-state index < -0.39 is 0 Å². The first kappa shape index (κ1) is 13.6. The molecule has 0 amide bonds. The number of nitrogens with one attached hydrogen (secondary N) is 1. The second kappa shape index (κ2) is 6.34. The Morgan fingerprint density at radius 1 is 1.33 bits per heavy atom. The lowest BCUT2D eigenvalue weighted by atomic mass is 10.2. The van der Waals surface area contributed by atoms with Gasteiger partial charge in [0, 0.05) is 18.7 Å². The minimum atomic E-state index is 0.294. The maximum absolute atomic E-state index is 5.92. The number of rotatable bonds is 6. The van der Waals surface area contributed by atoms with Crippen LogP contribution in [0.2, 0.25) is 5.28 Å². The molecule has 1 aromatic rings. The van der Waals surface area contributed by atoms with E-state index in [-0.39, 0.29) is 0 Å². The predicted molar refractivity (Wildman–Crippen MR) is 73.3 cm³/mol. The number of hydrogen-bond donors (Lipinski definition) is 1. The van der Waals surface area contributed by atoms with Crippen molar-refractivity contribution in [3.05, 3.63) is 16.5 Å². The summed E-state index contributed by atoms with van der Waals surface area (Å²) in [7, 11) is 0. The van der Waals surface area contributed by atoms with Gasteiger partial charge < -0.3 is 10.1 Å². The van der Waals surface area contributed by atoms with Gasteiger partial charge in [0.1, 0.15) is 5.82 Å². The highest BCUT2D eigenvalue weighted by molar-refractivity contribution is 6.28. The molecule has 1 heterocycles. The van der Waals surface area contributed by atoms with Crippen molar-refractivity contribution < 1.29 is 4.74 Å². The quantitative estimate of drug-likeness (QED) is 0.637. The van der Waals surface area contributed by atoms with Crippen molar-refractivity contribution in [3.8, 4) is 0 Å². The molecule has 1 N–H and O–H groups in total. The second-order valence-electron chi connectivity index (χ2n) is 4.82. The fourth-order valence-electron chi connectivity index (χ4n) is 2.15. The zero-order chi connectivity index (χ0) is 13.0. The molecule has 1 aliphatic rings. The Hall–Kier alpha value is -0.870. The molecule has 100 valence electrons. The van der Waals surface area contributed by atoms with Crippen LogP contribution in [0.25, 0.3) is 0 Å². The molecule has 0 bridgehead atoms. The summed E-state index contributed by atoms with van der Waals surface area (Å²) in [5, 5.41) is 3.69. The SMILES string of the molecule is CC(C)OCCCNc1nc(Cl)nc2c1CCC2. The van der Waals surface area contributed by atoms with Gasteiger partial charge in [-0.15, -0.1) is 0 Å². The zero-order valence-corrected chi connectivity index (χ0v) is 11.8. The molecule has 2 rings (SSSR count). The molecule has 1 aliphatic carbocycles. The molecule has 0 saturated heterocycles. The van der Waals surface area contributed by atoms with Gasteiger partial charge in [-0.1, -0.05) is 0 Å². The van der Waals surface area contributed by atoms with Crippen LogP contribution in [0, 0.1) is 0 Å². The zero-order valence-electron chi connectivity index (χ0n) is 11.0. The third-order valence-corrected chi connectivity index (χ3v) is 3.14. The van der Waals surface area contributed by atoms with E-state index in [2.05, 4.69) is 15.3 Å². The van der Waals surface area contributed by atoms with Crippen LogP contribution in [-0.4, -0.2) is 29.2 Å². The summed E-state index contributed by atoms with van der Waals surface area (Å²) in [6.07, 6.45) is 4.48. The van der Waals surface area contributed by atoms with Crippen molar-refractivity contribution in [1.29, 1.82) is 0 Å². The van der Waals surface area contributed by atoms with Crippen molar-refractivity contribution in [2.24, 2.45) is 0 Å². The highest BCUT2D eigenvalue weighted by atomic mass is 35.5. The van der Waals surface area contributed by atoms with Crippen LogP contribution in [-0.2, 0) is 17.6 Å². The third kappa shape index (κ3) is 3.56. The largest absolute Gasteiger partial charge is 0.379 e. The van der Waals surface area contributed by atoms with Crippen molar-refractivity contribution in [3.63, 3.8) is 0 Å². The summed E-state index contributed by atoms with van der Waals surface area (Å²) < 4.78 is 5.50. The van der Waals surface area contributed by atoms with Crippen LogP contribution in [0.4, 0.5) is 5.82 Å². The van der Waals surface area contributed by atoms with Crippen LogP contribution >= 0.6 is 11.6 Å². The number of aromatic nitrogens is 2. The highest BCUT2D eigenvalue weighted by Gasteiger charge is 2.18. The van der Waals surface area contributed by atoms with Crippen LogP contribution in [0.5, 0.6) is 0 Å². The van der Waals surface area contributed by atoms with Gasteiger partial charge in [-0.05, 0) is 51.1 Å². The van der Waals surface area contributed by atoms with Crippen LogP contribution in [0.1, 0.15) is 37.9 Å². The van der Waals surface area contributed by atoms with Crippen molar-refractivity contribution in [2.75, 3.05) is 18.5 Å². The van der Waals surface area contributed by atoms with E-state index in [1.54, 1.807) is 0 Å². The Balaban J connectivity index is 1.86. The van der Waals surface area contributed by atoms with Gasteiger partial charge in [0.05, 0.1) is 11.8 Å². The summed E-state index contributed by atoms with van der Waals surface area (Å²) in [6.45, 7) is 5.72. The smallest absolute Gasteiger partial charge is 0.224 e. The molecule has 5 heteroatoms. The predicted octanol–water partition coefficient (Wildman–Crippen LogP) is 2.85. The number of hydrogen-bond acceptors (Lipinski definition) is 4. The first-order valence-electron chi connectivity index (χ1n) is 6.57. The molecule has 0 fully saturated rings. The molecule has 0 aliphatic heterocycles. The highest BCUT2D eigenvalue weighted by Crippen LogP contribution is 2.27. The Labute approximate surface area is 113 Å². The lowest BCUT2D eigenvalue weighted by Gasteiger charge is -2.11. The second-order valence-corrected chi connectivity index (χ2v) is 5.16. The summed E-state index contributed by atoms with van der Waals surface area (Å²) >= 11 is 5.92. The maximum Gasteiger partial charge on any atom is 0.224 e. The van der Waals surface area contributed by atoms with Crippen LogP contribution in [0.15, 0.2) is 0 Å². The van der Waals surface area contributed by atoms with Gasteiger partial charge >= 0.3 is 0 Å². The van der Waals surface area contributed by atoms with Gasteiger partial charge in [0.15, 0.2) is 0 Å². The molecular weight excluding hydrogens is 250 g/mol. The number of anilines is 1. The Kier molecular flexibility index (Phi) is 4.78. The minimum absolute atomic E-state index is 0.294. The normalized spacial score (nSPS) is 14.0. The van der Waals surface area contributed by atoms with Gasteiger partial charge in [-0.3, -0.25) is 0 Å². The first-order chi connectivity index (χ1) is 8.66. The number of ether oxygens (including phenoxy) is 1. The average Bonchev–Trinajstić information content (AvgIpc) is 2.75. The van der Waals surface area contributed by atoms with Crippen molar-refractivity contribution in [1.82, 2.24) is 9.97 Å². The van der Waals surface area contributed by atoms with Gasteiger partial charge in [0.25, 0.3) is 0 Å². The minimum Gasteiger partial charge on any atom is -0.379 e. The summed E-state index contributed by atoms with van der Waals surface area (Å²) in [4.78, 5) is 8.55. The van der Waals surface area contributed by atoms with E-state index in [1.807, 2.05) is 13.8 Å². The standard InChI is InChI=1S/C13H20ClN3O/c1-9(2)18-8-4-7-15-12-10-5-3-6-11(10)16-13(14)17-12/h9H,3-8H2,1-2H3,(H,15,16,17). The molecular formula is C13H20ClN3O. The summed E-state index contributed by atoms with van der Waals surface area (Å²) in [5.41, 5.74) is 2.35. The third-order valence-electron chi connectivity index (χ3n) is 2.97. The van der Waals surface area contributed by atoms with E-state index in [9.17, 15) is 0 Å². The molecule has 0 spiro atoms. The molecule has 0 atom stereocenters. The lowest BCUT2D eigenvalue weighted by molar-refractivity contribution is 0.0787. The van der Waals surface area contributed by atoms with E-state index in [0.29, 0.717) is 11.4 Å². The molecule has 0 saturated carbocycles.